The molecule has 0 bridgehead atoms. The van der Waals surface area contributed by atoms with Gasteiger partial charge in [-0.15, -0.1) is 0 Å². The van der Waals surface area contributed by atoms with Gasteiger partial charge in [0.05, 0.1) is 0 Å². The van der Waals surface area contributed by atoms with Gasteiger partial charge in [-0.3, -0.25) is 4.79 Å². The molecule has 0 fully saturated rings. The Bertz CT molecular complexity index is 519. The Balaban J connectivity index is 2.27. The largest absolute Gasteiger partial charge is 0.371 e. The minimum Gasteiger partial charge on any atom is -0.371 e. The van der Waals surface area contributed by atoms with Crippen LogP contribution >= 0.6 is 0 Å². The molecule has 0 aliphatic carbocycles. The third-order valence-corrected chi connectivity index (χ3v) is 2.70. The highest BCUT2D eigenvalue weighted by Crippen LogP contribution is 2.20. The molecule has 1 atom stereocenters. The summed E-state index contributed by atoms with van der Waals surface area (Å²) in [5.41, 5.74) is 1.85. The number of ketones is 1. The maximum absolute atomic E-state index is 11.9. The Labute approximate surface area is 107 Å². The average molecular weight is 237 g/mol. The second kappa shape index (κ2) is 5.82. The number of rotatable bonds is 5. The van der Waals surface area contributed by atoms with E-state index in [0.29, 0.717) is 0 Å². The molecule has 2 rings (SSSR count). The molecule has 0 aliphatic heterocycles. The maximum Gasteiger partial charge on any atom is 0.181 e. The number of para-hydroxylation sites is 1. The second-order valence-corrected chi connectivity index (χ2v) is 3.96. The van der Waals surface area contributed by atoms with Gasteiger partial charge in [-0.1, -0.05) is 55.1 Å². The van der Waals surface area contributed by atoms with Gasteiger partial charge in [-0.25, -0.2) is 0 Å². The van der Waals surface area contributed by atoms with Crippen LogP contribution in [0, 0.1) is 0 Å². The summed E-state index contributed by atoms with van der Waals surface area (Å²) in [6, 6.07) is 18.9. The normalized spacial score (nSPS) is 11.6. The number of carbonyl (C=O) groups excluding carboxylic acids is 1. The quantitative estimate of drug-likeness (QED) is 0.805. The third kappa shape index (κ3) is 2.86. The molecule has 0 radical (unpaired) electrons. The van der Waals surface area contributed by atoms with E-state index in [1.54, 1.807) is 0 Å². The monoisotopic (exact) mass is 237 g/mol. The highest BCUT2D eigenvalue weighted by Gasteiger charge is 2.17. The number of hydrogen-bond acceptors (Lipinski definition) is 2. The molecule has 0 aliphatic rings. The lowest BCUT2D eigenvalue weighted by Gasteiger charge is -2.17. The van der Waals surface area contributed by atoms with Gasteiger partial charge in [-0.2, -0.15) is 0 Å². The molecule has 2 nitrogen and oxygen atoms in total. The summed E-state index contributed by atoms with van der Waals surface area (Å²) < 4.78 is 0. The molecule has 0 saturated heterocycles. The molecule has 90 valence electrons. The van der Waals surface area contributed by atoms with Crippen molar-refractivity contribution in [2.75, 3.05) is 5.32 Å². The van der Waals surface area contributed by atoms with E-state index < -0.39 is 0 Å². The first-order valence-electron chi connectivity index (χ1n) is 5.84. The zero-order valence-electron chi connectivity index (χ0n) is 10.0. The molecular weight excluding hydrogens is 222 g/mol. The maximum atomic E-state index is 11.9. The van der Waals surface area contributed by atoms with E-state index in [4.69, 9.17) is 0 Å². The minimum atomic E-state index is -0.383. The molecule has 0 saturated carbocycles. The van der Waals surface area contributed by atoms with Gasteiger partial charge in [0.2, 0.25) is 0 Å². The second-order valence-electron chi connectivity index (χ2n) is 3.96. The predicted molar refractivity (Wildman–Crippen MR) is 74.5 cm³/mol. The van der Waals surface area contributed by atoms with E-state index in [2.05, 4.69) is 11.9 Å². The molecule has 0 heterocycles. The lowest BCUT2D eigenvalue weighted by molar-refractivity contribution is -0.115. The number of hydrogen-bond donors (Lipinski definition) is 1. The van der Waals surface area contributed by atoms with E-state index >= 15 is 0 Å². The fraction of sp³-hybridized carbons (Fsp3) is 0.0625. The minimum absolute atomic E-state index is 0.0370. The van der Waals surface area contributed by atoms with E-state index in [1.807, 2.05) is 60.7 Å². The van der Waals surface area contributed by atoms with Crippen molar-refractivity contribution in [2.24, 2.45) is 0 Å². The Hall–Kier alpha value is -2.35. The fourth-order valence-electron chi connectivity index (χ4n) is 1.78. The lowest BCUT2D eigenvalue weighted by Crippen LogP contribution is -2.19. The molecule has 0 spiro atoms. The molecule has 1 unspecified atom stereocenters. The molecule has 0 aromatic heterocycles. The summed E-state index contributed by atoms with van der Waals surface area (Å²) in [5.74, 6) is -0.0370. The Morgan fingerprint density at radius 3 is 2.11 bits per heavy atom. The topological polar surface area (TPSA) is 29.1 Å². The van der Waals surface area contributed by atoms with Crippen LogP contribution in [0.15, 0.2) is 73.3 Å². The van der Waals surface area contributed by atoms with Gasteiger partial charge >= 0.3 is 0 Å². The Morgan fingerprint density at radius 2 is 1.56 bits per heavy atom. The van der Waals surface area contributed by atoms with Crippen LogP contribution in [0.5, 0.6) is 0 Å². The van der Waals surface area contributed by atoms with Crippen LogP contribution < -0.4 is 5.32 Å². The third-order valence-electron chi connectivity index (χ3n) is 2.70. The summed E-state index contributed by atoms with van der Waals surface area (Å²) in [5, 5.41) is 3.23. The summed E-state index contributed by atoms with van der Waals surface area (Å²) in [7, 11) is 0. The van der Waals surface area contributed by atoms with Crippen LogP contribution in [0.1, 0.15) is 11.6 Å². The van der Waals surface area contributed by atoms with Crippen molar-refractivity contribution >= 4 is 11.5 Å². The smallest absolute Gasteiger partial charge is 0.181 e. The first-order chi connectivity index (χ1) is 8.81. The van der Waals surface area contributed by atoms with E-state index in [-0.39, 0.29) is 11.8 Å². The first-order valence-corrected chi connectivity index (χ1v) is 5.84. The van der Waals surface area contributed by atoms with Gasteiger partial charge in [0.1, 0.15) is 6.04 Å². The van der Waals surface area contributed by atoms with Crippen LogP contribution in [0.3, 0.4) is 0 Å². The number of nitrogens with one attached hydrogen (secondary N) is 1. The zero-order valence-corrected chi connectivity index (χ0v) is 10.0. The van der Waals surface area contributed by atoms with Crippen molar-refractivity contribution in [1.82, 2.24) is 0 Å². The number of carbonyl (C=O) groups is 1. The van der Waals surface area contributed by atoms with Crippen molar-refractivity contribution in [3.05, 3.63) is 78.9 Å². The van der Waals surface area contributed by atoms with Gasteiger partial charge in [0.25, 0.3) is 0 Å². The van der Waals surface area contributed by atoms with Gasteiger partial charge < -0.3 is 5.32 Å². The van der Waals surface area contributed by atoms with Gasteiger partial charge in [0, 0.05) is 5.69 Å². The van der Waals surface area contributed by atoms with Gasteiger partial charge in [-0.05, 0) is 23.8 Å². The van der Waals surface area contributed by atoms with E-state index in [0.717, 1.165) is 11.3 Å². The van der Waals surface area contributed by atoms with Crippen LogP contribution in [-0.4, -0.2) is 5.78 Å². The van der Waals surface area contributed by atoms with Crippen LogP contribution in [0.4, 0.5) is 5.69 Å². The molecule has 2 heteroatoms. The summed E-state index contributed by atoms with van der Waals surface area (Å²) in [4.78, 5) is 11.9. The van der Waals surface area contributed by atoms with E-state index in [1.165, 1.54) is 6.08 Å². The van der Waals surface area contributed by atoms with Crippen molar-refractivity contribution in [1.29, 1.82) is 0 Å². The standard InChI is InChI=1S/C16H15NO/c1-2-15(18)16(13-9-5-3-6-10-13)17-14-11-7-4-8-12-14/h2-12,16-17H,1H2. The highest BCUT2D eigenvalue weighted by atomic mass is 16.1. The Kier molecular flexibility index (Phi) is 3.92. The first kappa shape index (κ1) is 12.1. The van der Waals surface area contributed by atoms with Crippen molar-refractivity contribution < 1.29 is 4.79 Å². The summed E-state index contributed by atoms with van der Waals surface area (Å²) in [6.45, 7) is 3.56. The van der Waals surface area contributed by atoms with Crippen molar-refractivity contribution in [2.45, 2.75) is 6.04 Å². The molecule has 0 amide bonds. The number of benzene rings is 2. The van der Waals surface area contributed by atoms with Crippen LogP contribution in [0.2, 0.25) is 0 Å². The highest BCUT2D eigenvalue weighted by molar-refractivity contribution is 5.96. The zero-order chi connectivity index (χ0) is 12.8. The average Bonchev–Trinajstić information content (AvgIpc) is 2.46. The molecule has 18 heavy (non-hydrogen) atoms. The molecular formula is C16H15NO. The van der Waals surface area contributed by atoms with E-state index in [9.17, 15) is 4.79 Å². The molecule has 2 aromatic rings. The SMILES string of the molecule is C=CC(=O)C(Nc1ccccc1)c1ccccc1. The fourth-order valence-corrected chi connectivity index (χ4v) is 1.78. The summed E-state index contributed by atoms with van der Waals surface area (Å²) in [6.07, 6.45) is 1.35. The van der Waals surface area contributed by atoms with Gasteiger partial charge in [0.15, 0.2) is 5.78 Å². The molecule has 2 aromatic carbocycles. The van der Waals surface area contributed by atoms with Crippen molar-refractivity contribution in [3.63, 3.8) is 0 Å². The van der Waals surface area contributed by atoms with Crippen LogP contribution in [-0.2, 0) is 4.79 Å². The Morgan fingerprint density at radius 1 is 1.00 bits per heavy atom. The summed E-state index contributed by atoms with van der Waals surface area (Å²) >= 11 is 0. The lowest BCUT2D eigenvalue weighted by atomic mass is 10.0. The molecule has 1 N–H and O–H groups in total. The predicted octanol–water partition coefficient (Wildman–Crippen LogP) is 3.59. The van der Waals surface area contributed by atoms with Crippen molar-refractivity contribution in [3.8, 4) is 0 Å². The number of anilines is 1. The van der Waals surface area contributed by atoms with Crippen LogP contribution in [0.25, 0.3) is 0 Å².